The Kier molecular flexibility index (Phi) is 7.09. The molecule has 0 aromatic heterocycles. The molecule has 2 fully saturated rings. The summed E-state index contributed by atoms with van der Waals surface area (Å²) in [7, 11) is 0. The average Bonchev–Trinajstić information content (AvgIpc) is 3.32. The Bertz CT molecular complexity index is 934. The van der Waals surface area contributed by atoms with Gasteiger partial charge in [-0.05, 0) is 41.3 Å². The smallest absolute Gasteiger partial charge is 0.124 e. The van der Waals surface area contributed by atoms with E-state index in [1.807, 2.05) is 37.3 Å². The molecule has 33 heavy (non-hydrogen) atoms. The van der Waals surface area contributed by atoms with E-state index in [9.17, 15) is 20.4 Å². The standard InChI is InChI=1S/C26H34O7/c1-15-4-5-16(25-24(30)23(29)22(28)21(13-27)33-25)12-20(15)26(2,3)17-6-8-18(9-7-17)32-19-10-11-31-14-19/h4-9,12,19,21-25,27-30H,10-11,13-14H2,1-3H3/t19-,21+,22+,23-,24+,25?/m0/s1. The maximum Gasteiger partial charge on any atom is 0.124 e. The average molecular weight is 459 g/mol. The predicted molar refractivity (Wildman–Crippen MR) is 122 cm³/mol. The lowest BCUT2D eigenvalue weighted by atomic mass is 9.75. The molecule has 2 saturated heterocycles. The van der Waals surface area contributed by atoms with Crippen LogP contribution in [0.1, 0.15) is 48.6 Å². The molecule has 0 bridgehead atoms. The molecule has 7 heteroatoms. The van der Waals surface area contributed by atoms with E-state index in [0.29, 0.717) is 12.2 Å². The topological polar surface area (TPSA) is 109 Å². The molecular formula is C26H34O7. The molecule has 2 aromatic carbocycles. The molecule has 2 heterocycles. The summed E-state index contributed by atoms with van der Waals surface area (Å²) in [6.45, 7) is 7.20. The van der Waals surface area contributed by atoms with Crippen molar-refractivity contribution in [3.63, 3.8) is 0 Å². The molecule has 2 aromatic rings. The van der Waals surface area contributed by atoms with Crippen LogP contribution in [-0.2, 0) is 14.9 Å². The van der Waals surface area contributed by atoms with Crippen molar-refractivity contribution in [3.05, 3.63) is 64.7 Å². The minimum atomic E-state index is -1.41. The molecule has 2 aliphatic heterocycles. The van der Waals surface area contributed by atoms with Gasteiger partial charge in [0.1, 0.15) is 42.4 Å². The summed E-state index contributed by atoms with van der Waals surface area (Å²) in [5.74, 6) is 0.817. The van der Waals surface area contributed by atoms with Crippen LogP contribution in [0.4, 0.5) is 0 Å². The third-order valence-corrected chi connectivity index (χ3v) is 6.92. The van der Waals surface area contributed by atoms with Gasteiger partial charge in [-0.3, -0.25) is 0 Å². The molecule has 6 atom stereocenters. The molecule has 0 radical (unpaired) electrons. The Labute approximate surface area is 194 Å². The van der Waals surface area contributed by atoms with Gasteiger partial charge in [0.2, 0.25) is 0 Å². The van der Waals surface area contributed by atoms with E-state index in [2.05, 4.69) is 26.0 Å². The van der Waals surface area contributed by atoms with Crippen LogP contribution in [0.15, 0.2) is 42.5 Å². The monoisotopic (exact) mass is 458 g/mol. The van der Waals surface area contributed by atoms with Crippen LogP contribution in [0.2, 0.25) is 0 Å². The lowest BCUT2D eigenvalue weighted by Crippen LogP contribution is -2.55. The summed E-state index contributed by atoms with van der Waals surface area (Å²) in [4.78, 5) is 0. The predicted octanol–water partition coefficient (Wildman–Crippen LogP) is 2.00. The SMILES string of the molecule is Cc1ccc(C2O[C@H](CO)[C@@H](O)[C@H](O)[C@H]2O)cc1C(C)(C)c1ccc(O[C@H]2CCOC2)cc1. The van der Waals surface area contributed by atoms with Crippen molar-refractivity contribution in [2.45, 2.75) is 69.2 Å². The van der Waals surface area contributed by atoms with Crippen molar-refractivity contribution in [2.75, 3.05) is 19.8 Å². The van der Waals surface area contributed by atoms with Crippen molar-refractivity contribution < 1.29 is 34.6 Å². The number of aliphatic hydroxyl groups is 4. The number of benzene rings is 2. The minimum absolute atomic E-state index is 0.0984. The summed E-state index contributed by atoms with van der Waals surface area (Å²) >= 11 is 0. The van der Waals surface area contributed by atoms with Gasteiger partial charge in [0.05, 0.1) is 19.8 Å². The highest BCUT2D eigenvalue weighted by molar-refractivity contribution is 5.45. The first-order chi connectivity index (χ1) is 15.7. The summed E-state index contributed by atoms with van der Waals surface area (Å²) in [5, 5.41) is 40.4. The molecule has 2 aliphatic rings. The van der Waals surface area contributed by atoms with Crippen LogP contribution >= 0.6 is 0 Å². The Morgan fingerprint density at radius 3 is 2.36 bits per heavy atom. The van der Waals surface area contributed by atoms with Crippen LogP contribution in [0.3, 0.4) is 0 Å². The number of rotatable bonds is 6. The van der Waals surface area contributed by atoms with E-state index in [1.165, 1.54) is 0 Å². The Morgan fingerprint density at radius 2 is 1.73 bits per heavy atom. The maximum absolute atomic E-state index is 10.6. The van der Waals surface area contributed by atoms with Gasteiger partial charge in [0.25, 0.3) is 0 Å². The molecule has 0 spiro atoms. The molecule has 4 N–H and O–H groups in total. The second-order valence-corrected chi connectivity index (χ2v) is 9.58. The number of hydrogen-bond donors (Lipinski definition) is 4. The van der Waals surface area contributed by atoms with E-state index in [0.717, 1.165) is 35.5 Å². The normalized spacial score (nSPS) is 30.4. The van der Waals surface area contributed by atoms with Crippen LogP contribution < -0.4 is 4.74 Å². The zero-order valence-corrected chi connectivity index (χ0v) is 19.3. The number of hydrogen-bond acceptors (Lipinski definition) is 7. The first-order valence-corrected chi connectivity index (χ1v) is 11.5. The van der Waals surface area contributed by atoms with Crippen LogP contribution in [-0.4, -0.2) is 70.8 Å². The number of aliphatic hydroxyl groups excluding tert-OH is 4. The van der Waals surface area contributed by atoms with Gasteiger partial charge in [0, 0.05) is 11.8 Å². The summed E-state index contributed by atoms with van der Waals surface area (Å²) in [6.07, 6.45) is -4.89. The molecule has 4 rings (SSSR count). The fourth-order valence-electron chi connectivity index (χ4n) is 4.77. The fraction of sp³-hybridized carbons (Fsp3) is 0.538. The summed E-state index contributed by atoms with van der Waals surface area (Å²) in [5.41, 5.74) is 3.56. The molecule has 180 valence electrons. The molecule has 0 aliphatic carbocycles. The van der Waals surface area contributed by atoms with Gasteiger partial charge in [0.15, 0.2) is 0 Å². The first-order valence-electron chi connectivity index (χ1n) is 11.5. The van der Waals surface area contributed by atoms with Crippen molar-refractivity contribution >= 4 is 0 Å². The highest BCUT2D eigenvalue weighted by Crippen LogP contribution is 2.38. The zero-order chi connectivity index (χ0) is 23.8. The lowest BCUT2D eigenvalue weighted by molar-refractivity contribution is -0.231. The van der Waals surface area contributed by atoms with E-state index in [1.54, 1.807) is 0 Å². The Balaban J connectivity index is 1.60. The van der Waals surface area contributed by atoms with Gasteiger partial charge in [-0.1, -0.05) is 44.2 Å². The van der Waals surface area contributed by atoms with Gasteiger partial charge in [-0.15, -0.1) is 0 Å². The molecule has 0 amide bonds. The third kappa shape index (κ3) is 4.80. The van der Waals surface area contributed by atoms with Gasteiger partial charge in [-0.2, -0.15) is 0 Å². The number of ether oxygens (including phenoxy) is 3. The lowest BCUT2D eigenvalue weighted by Gasteiger charge is -2.40. The van der Waals surface area contributed by atoms with Crippen molar-refractivity contribution in [1.29, 1.82) is 0 Å². The molecule has 0 saturated carbocycles. The highest BCUT2D eigenvalue weighted by atomic mass is 16.5. The van der Waals surface area contributed by atoms with Gasteiger partial charge < -0.3 is 34.6 Å². The fourth-order valence-corrected chi connectivity index (χ4v) is 4.77. The molecular weight excluding hydrogens is 424 g/mol. The second kappa shape index (κ2) is 9.70. The van der Waals surface area contributed by atoms with Crippen LogP contribution in [0.25, 0.3) is 0 Å². The third-order valence-electron chi connectivity index (χ3n) is 6.92. The highest BCUT2D eigenvalue weighted by Gasteiger charge is 2.44. The summed E-state index contributed by atoms with van der Waals surface area (Å²) in [6, 6.07) is 13.9. The van der Waals surface area contributed by atoms with E-state index < -0.39 is 37.1 Å². The second-order valence-electron chi connectivity index (χ2n) is 9.58. The van der Waals surface area contributed by atoms with Crippen molar-refractivity contribution in [2.24, 2.45) is 0 Å². The Hall–Kier alpha value is -2.00. The van der Waals surface area contributed by atoms with Gasteiger partial charge >= 0.3 is 0 Å². The van der Waals surface area contributed by atoms with E-state index >= 15 is 0 Å². The summed E-state index contributed by atoms with van der Waals surface area (Å²) < 4.78 is 17.1. The van der Waals surface area contributed by atoms with E-state index in [4.69, 9.17) is 14.2 Å². The molecule has 1 unspecified atom stereocenters. The first kappa shape index (κ1) is 24.1. The van der Waals surface area contributed by atoms with Crippen molar-refractivity contribution in [3.8, 4) is 5.75 Å². The van der Waals surface area contributed by atoms with E-state index in [-0.39, 0.29) is 11.5 Å². The van der Waals surface area contributed by atoms with Crippen LogP contribution in [0.5, 0.6) is 5.75 Å². The zero-order valence-electron chi connectivity index (χ0n) is 19.3. The minimum Gasteiger partial charge on any atom is -0.488 e. The largest absolute Gasteiger partial charge is 0.488 e. The van der Waals surface area contributed by atoms with Crippen LogP contribution in [0, 0.1) is 6.92 Å². The maximum atomic E-state index is 10.6. The quantitative estimate of drug-likeness (QED) is 0.524. The van der Waals surface area contributed by atoms with Gasteiger partial charge in [-0.25, -0.2) is 0 Å². The molecule has 7 nitrogen and oxygen atoms in total. The number of aryl methyl sites for hydroxylation is 1. The Morgan fingerprint density at radius 1 is 1.00 bits per heavy atom. The van der Waals surface area contributed by atoms with Crippen molar-refractivity contribution in [1.82, 2.24) is 0 Å².